The summed E-state index contributed by atoms with van der Waals surface area (Å²) in [4.78, 5) is 28.9. The van der Waals surface area contributed by atoms with E-state index in [2.05, 4.69) is 10.3 Å². The molecule has 0 aliphatic rings. The number of fused-ring (bicyclic) bond motifs is 2. The van der Waals surface area contributed by atoms with Gasteiger partial charge in [-0.2, -0.15) is 5.26 Å². The lowest BCUT2D eigenvalue weighted by atomic mass is 10.1. The molecule has 1 heterocycles. The summed E-state index contributed by atoms with van der Waals surface area (Å²) in [6, 6.07) is 13.5. The highest BCUT2D eigenvalue weighted by Gasteiger charge is 2.11. The highest BCUT2D eigenvalue weighted by molar-refractivity contribution is 7.99. The van der Waals surface area contributed by atoms with Gasteiger partial charge in [0.25, 0.3) is 5.56 Å². The molecule has 0 fully saturated rings. The van der Waals surface area contributed by atoms with Crippen LogP contribution in [0.1, 0.15) is 6.42 Å². The molecule has 3 rings (SSSR count). The van der Waals surface area contributed by atoms with Crippen molar-refractivity contribution in [2.24, 2.45) is 7.05 Å². The van der Waals surface area contributed by atoms with E-state index < -0.39 is 0 Å². The van der Waals surface area contributed by atoms with Crippen molar-refractivity contribution >= 4 is 39.3 Å². The Kier molecular flexibility index (Phi) is 5.00. The Labute approximate surface area is 148 Å². The topological polar surface area (TPSA) is 87.8 Å². The van der Waals surface area contributed by atoms with Gasteiger partial charge in [0.05, 0.1) is 29.1 Å². The zero-order chi connectivity index (χ0) is 17.8. The van der Waals surface area contributed by atoms with Gasteiger partial charge in [0.1, 0.15) is 0 Å². The number of rotatable bonds is 5. The maximum absolute atomic E-state index is 12.6. The molecule has 0 atom stereocenters. The van der Waals surface area contributed by atoms with E-state index in [-0.39, 0.29) is 23.6 Å². The van der Waals surface area contributed by atoms with Crippen LogP contribution in [-0.4, -0.2) is 27.8 Å². The Morgan fingerprint density at radius 2 is 2.04 bits per heavy atom. The largest absolute Gasteiger partial charge is 0.354 e. The first-order valence-corrected chi connectivity index (χ1v) is 8.74. The molecule has 0 radical (unpaired) electrons. The van der Waals surface area contributed by atoms with Gasteiger partial charge in [0.15, 0.2) is 5.16 Å². The summed E-state index contributed by atoms with van der Waals surface area (Å²) in [5.74, 6) is -0.0433. The molecule has 6 nitrogen and oxygen atoms in total. The minimum atomic E-state index is -0.187. The summed E-state index contributed by atoms with van der Waals surface area (Å²) in [6.07, 6.45) is 0.274. The van der Waals surface area contributed by atoms with Gasteiger partial charge in [0, 0.05) is 13.6 Å². The molecule has 0 unspecified atom stereocenters. The van der Waals surface area contributed by atoms with Gasteiger partial charge >= 0.3 is 0 Å². The highest BCUT2D eigenvalue weighted by Crippen LogP contribution is 2.22. The number of carbonyl (C=O) groups excluding carboxylic acids is 1. The predicted octanol–water partition coefficient (Wildman–Crippen LogP) is 2.21. The fourth-order valence-electron chi connectivity index (χ4n) is 2.51. The molecule has 7 heteroatoms. The molecule has 0 saturated heterocycles. The summed E-state index contributed by atoms with van der Waals surface area (Å²) in [7, 11) is 1.65. The average molecular weight is 352 g/mol. The van der Waals surface area contributed by atoms with Crippen LogP contribution in [0.25, 0.3) is 21.7 Å². The first-order valence-electron chi connectivity index (χ1n) is 7.76. The van der Waals surface area contributed by atoms with Crippen molar-refractivity contribution in [3.63, 3.8) is 0 Å². The maximum Gasteiger partial charge on any atom is 0.261 e. The third kappa shape index (κ3) is 3.64. The Balaban J connectivity index is 1.90. The lowest BCUT2D eigenvalue weighted by Crippen LogP contribution is -2.27. The van der Waals surface area contributed by atoms with Gasteiger partial charge in [-0.1, -0.05) is 36.0 Å². The minimum Gasteiger partial charge on any atom is -0.354 e. The predicted molar refractivity (Wildman–Crippen MR) is 98.5 cm³/mol. The smallest absolute Gasteiger partial charge is 0.261 e. The average Bonchev–Trinajstić information content (AvgIpc) is 2.62. The second-order valence-corrected chi connectivity index (χ2v) is 6.46. The molecule has 1 aromatic heterocycles. The van der Waals surface area contributed by atoms with Gasteiger partial charge in [-0.05, 0) is 22.9 Å². The van der Waals surface area contributed by atoms with Gasteiger partial charge in [-0.25, -0.2) is 4.98 Å². The fraction of sp³-hybridized carbons (Fsp3) is 0.222. The van der Waals surface area contributed by atoms with Crippen molar-refractivity contribution < 1.29 is 4.79 Å². The zero-order valence-electron chi connectivity index (χ0n) is 13.7. The van der Waals surface area contributed by atoms with Crippen LogP contribution in [0.3, 0.4) is 0 Å². The Hall–Kier alpha value is -2.85. The van der Waals surface area contributed by atoms with Crippen molar-refractivity contribution in [2.45, 2.75) is 11.6 Å². The van der Waals surface area contributed by atoms with E-state index in [1.165, 1.54) is 16.3 Å². The summed E-state index contributed by atoms with van der Waals surface area (Å²) in [5, 5.41) is 14.2. The lowest BCUT2D eigenvalue weighted by Gasteiger charge is -2.09. The summed E-state index contributed by atoms with van der Waals surface area (Å²) < 4.78 is 1.46. The SMILES string of the molecule is Cn1c(SCC(=O)NCCC#N)nc2cc3ccccc3cc2c1=O. The van der Waals surface area contributed by atoms with E-state index in [0.717, 1.165) is 10.8 Å². The van der Waals surface area contributed by atoms with Crippen LogP contribution in [0.15, 0.2) is 46.3 Å². The van der Waals surface area contributed by atoms with Crippen LogP contribution < -0.4 is 10.9 Å². The molecule has 2 aromatic carbocycles. The molecule has 126 valence electrons. The Morgan fingerprint density at radius 1 is 1.32 bits per heavy atom. The van der Waals surface area contributed by atoms with Crippen LogP contribution in [0.5, 0.6) is 0 Å². The van der Waals surface area contributed by atoms with E-state index in [0.29, 0.717) is 22.6 Å². The third-order valence-electron chi connectivity index (χ3n) is 3.79. The number of nitrogens with one attached hydrogen (secondary N) is 1. The van der Waals surface area contributed by atoms with Gasteiger partial charge in [0.2, 0.25) is 5.91 Å². The lowest BCUT2D eigenvalue weighted by molar-refractivity contribution is -0.118. The monoisotopic (exact) mass is 352 g/mol. The van der Waals surface area contributed by atoms with Gasteiger partial charge in [-0.3, -0.25) is 14.2 Å². The first-order chi connectivity index (χ1) is 12.1. The number of aromatic nitrogens is 2. The second kappa shape index (κ2) is 7.36. The molecule has 1 amide bonds. The number of benzene rings is 2. The van der Waals surface area contributed by atoms with Crippen LogP contribution in [0, 0.1) is 11.3 Å². The Morgan fingerprint density at radius 3 is 2.76 bits per heavy atom. The molecule has 0 spiro atoms. The fourth-order valence-corrected chi connectivity index (χ4v) is 3.31. The third-order valence-corrected chi connectivity index (χ3v) is 4.82. The normalized spacial score (nSPS) is 10.7. The molecular weight excluding hydrogens is 336 g/mol. The molecule has 0 aliphatic heterocycles. The molecular formula is C18H16N4O2S. The summed E-state index contributed by atoms with van der Waals surface area (Å²) in [5.41, 5.74) is 0.484. The van der Waals surface area contributed by atoms with Crippen molar-refractivity contribution in [3.8, 4) is 6.07 Å². The highest BCUT2D eigenvalue weighted by atomic mass is 32.2. The van der Waals surface area contributed by atoms with E-state index in [4.69, 9.17) is 5.26 Å². The van der Waals surface area contributed by atoms with Gasteiger partial charge in [-0.15, -0.1) is 0 Å². The molecule has 1 N–H and O–H groups in total. The number of amides is 1. The number of nitrogens with zero attached hydrogens (tertiary/aromatic N) is 3. The minimum absolute atomic E-state index is 0.136. The van der Waals surface area contributed by atoms with Crippen LogP contribution in [0.4, 0.5) is 0 Å². The van der Waals surface area contributed by atoms with E-state index in [1.807, 2.05) is 42.5 Å². The first kappa shape index (κ1) is 17.0. The molecule has 25 heavy (non-hydrogen) atoms. The molecule has 0 bridgehead atoms. The molecule has 0 saturated carbocycles. The summed E-state index contributed by atoms with van der Waals surface area (Å²) >= 11 is 1.20. The van der Waals surface area contributed by atoms with Crippen LogP contribution in [-0.2, 0) is 11.8 Å². The second-order valence-electron chi connectivity index (χ2n) is 5.52. The zero-order valence-corrected chi connectivity index (χ0v) is 14.5. The van der Waals surface area contributed by atoms with Crippen LogP contribution >= 0.6 is 11.8 Å². The number of thioether (sulfide) groups is 1. The van der Waals surface area contributed by atoms with Crippen molar-refractivity contribution in [2.75, 3.05) is 12.3 Å². The quantitative estimate of drug-likeness (QED) is 0.329. The number of hydrogen-bond donors (Lipinski definition) is 1. The standard InChI is InChI=1S/C18H16N4O2S/c1-22-17(24)14-9-12-5-2-3-6-13(12)10-15(14)21-18(22)25-11-16(23)20-8-4-7-19/h2-3,5-6,9-10H,4,8,11H2,1H3,(H,20,23). The van der Waals surface area contributed by atoms with E-state index in [1.54, 1.807) is 7.05 Å². The Bertz CT molecular complexity index is 1050. The van der Waals surface area contributed by atoms with Crippen LogP contribution in [0.2, 0.25) is 0 Å². The molecule has 3 aromatic rings. The maximum atomic E-state index is 12.6. The van der Waals surface area contributed by atoms with E-state index in [9.17, 15) is 9.59 Å². The van der Waals surface area contributed by atoms with Crippen molar-refractivity contribution in [1.29, 1.82) is 5.26 Å². The number of hydrogen-bond acceptors (Lipinski definition) is 5. The molecule has 0 aliphatic carbocycles. The van der Waals surface area contributed by atoms with E-state index >= 15 is 0 Å². The summed E-state index contributed by atoms with van der Waals surface area (Å²) in [6.45, 7) is 0.325. The number of carbonyl (C=O) groups is 1. The van der Waals surface area contributed by atoms with Gasteiger partial charge < -0.3 is 5.32 Å². The van der Waals surface area contributed by atoms with Crippen molar-refractivity contribution in [1.82, 2.24) is 14.9 Å². The van der Waals surface area contributed by atoms with Crippen molar-refractivity contribution in [3.05, 3.63) is 46.8 Å². The number of nitriles is 1.